The van der Waals surface area contributed by atoms with Gasteiger partial charge >= 0.3 is 0 Å². The first-order valence-electron chi connectivity index (χ1n) is 6.09. The zero-order valence-electron chi connectivity index (χ0n) is 9.71. The van der Waals surface area contributed by atoms with E-state index in [-0.39, 0.29) is 0 Å². The lowest BCUT2D eigenvalue weighted by Crippen LogP contribution is -2.26. The number of aliphatic hydroxyl groups is 1. The molecule has 0 aromatic heterocycles. The highest BCUT2D eigenvalue weighted by molar-refractivity contribution is 4.76. The molecule has 0 saturated carbocycles. The van der Waals surface area contributed by atoms with Gasteiger partial charge in [0.25, 0.3) is 0 Å². The van der Waals surface area contributed by atoms with Crippen LogP contribution < -0.4 is 0 Å². The second kappa shape index (κ2) is 6.41. The summed E-state index contributed by atoms with van der Waals surface area (Å²) in [6.07, 6.45) is 4.94. The van der Waals surface area contributed by atoms with Gasteiger partial charge in [0.15, 0.2) is 0 Å². The van der Waals surface area contributed by atoms with E-state index in [4.69, 9.17) is 5.11 Å². The van der Waals surface area contributed by atoms with Crippen molar-refractivity contribution in [3.63, 3.8) is 0 Å². The fraction of sp³-hybridized carbons (Fsp3) is 1.00. The Morgan fingerprint density at radius 3 is 2.93 bits per heavy atom. The van der Waals surface area contributed by atoms with Crippen LogP contribution in [-0.4, -0.2) is 36.2 Å². The van der Waals surface area contributed by atoms with Crippen molar-refractivity contribution >= 4 is 0 Å². The molecule has 1 rings (SSSR count). The molecule has 0 aliphatic carbocycles. The number of likely N-dealkylation sites (tertiary alicyclic amines) is 1. The topological polar surface area (TPSA) is 23.5 Å². The molecule has 0 bridgehead atoms. The van der Waals surface area contributed by atoms with Crippen molar-refractivity contribution < 1.29 is 5.11 Å². The molecule has 2 heteroatoms. The molecular weight excluding hydrogens is 174 g/mol. The van der Waals surface area contributed by atoms with Crippen molar-refractivity contribution in [1.82, 2.24) is 4.90 Å². The van der Waals surface area contributed by atoms with Crippen molar-refractivity contribution in [2.45, 2.75) is 39.5 Å². The predicted molar refractivity (Wildman–Crippen MR) is 60.3 cm³/mol. The first kappa shape index (κ1) is 12.0. The molecule has 2 nitrogen and oxygen atoms in total. The van der Waals surface area contributed by atoms with Gasteiger partial charge in [0, 0.05) is 19.7 Å². The van der Waals surface area contributed by atoms with E-state index in [1.165, 1.54) is 38.9 Å². The molecule has 2 atom stereocenters. The summed E-state index contributed by atoms with van der Waals surface area (Å²) in [5.74, 6) is 1.60. The van der Waals surface area contributed by atoms with Crippen molar-refractivity contribution in [3.05, 3.63) is 0 Å². The molecule has 1 aliphatic heterocycles. The highest BCUT2D eigenvalue weighted by Crippen LogP contribution is 2.20. The van der Waals surface area contributed by atoms with E-state index in [0.29, 0.717) is 6.61 Å². The molecule has 0 aromatic rings. The monoisotopic (exact) mass is 199 g/mol. The summed E-state index contributed by atoms with van der Waals surface area (Å²) >= 11 is 0. The summed E-state index contributed by atoms with van der Waals surface area (Å²) < 4.78 is 0. The van der Waals surface area contributed by atoms with Crippen LogP contribution in [0.25, 0.3) is 0 Å². The fourth-order valence-corrected chi connectivity index (χ4v) is 2.52. The van der Waals surface area contributed by atoms with Gasteiger partial charge in [-0.1, -0.05) is 20.3 Å². The van der Waals surface area contributed by atoms with Gasteiger partial charge in [-0.05, 0) is 37.6 Å². The van der Waals surface area contributed by atoms with Crippen LogP contribution in [0.15, 0.2) is 0 Å². The van der Waals surface area contributed by atoms with Crippen molar-refractivity contribution in [2.24, 2.45) is 11.8 Å². The molecule has 0 aromatic carbocycles. The largest absolute Gasteiger partial charge is 0.396 e. The fourth-order valence-electron chi connectivity index (χ4n) is 2.52. The van der Waals surface area contributed by atoms with E-state index in [2.05, 4.69) is 18.7 Å². The molecule has 1 heterocycles. The maximum Gasteiger partial charge on any atom is 0.0434 e. The van der Waals surface area contributed by atoms with E-state index >= 15 is 0 Å². The summed E-state index contributed by atoms with van der Waals surface area (Å²) in [4.78, 5) is 2.57. The molecule has 0 spiro atoms. The van der Waals surface area contributed by atoms with Crippen LogP contribution in [0.3, 0.4) is 0 Å². The van der Waals surface area contributed by atoms with E-state index in [9.17, 15) is 0 Å². The minimum absolute atomic E-state index is 0.364. The van der Waals surface area contributed by atoms with Crippen LogP contribution in [0.4, 0.5) is 0 Å². The summed E-state index contributed by atoms with van der Waals surface area (Å²) in [6.45, 7) is 8.70. The maximum atomic E-state index is 8.86. The Hall–Kier alpha value is -0.0800. The third-order valence-electron chi connectivity index (χ3n) is 3.26. The van der Waals surface area contributed by atoms with E-state index in [1.807, 2.05) is 0 Å². The SMILES string of the molecule is CCCC(C)CN1CCC(CCO)C1. The Morgan fingerprint density at radius 1 is 1.50 bits per heavy atom. The first-order valence-corrected chi connectivity index (χ1v) is 6.09. The van der Waals surface area contributed by atoms with Gasteiger partial charge in [0.2, 0.25) is 0 Å². The molecule has 14 heavy (non-hydrogen) atoms. The van der Waals surface area contributed by atoms with Gasteiger partial charge in [-0.15, -0.1) is 0 Å². The standard InChI is InChI=1S/C12H25NO/c1-3-4-11(2)9-13-7-5-12(10-13)6-8-14/h11-12,14H,3-10H2,1-2H3. The number of aliphatic hydroxyl groups excluding tert-OH is 1. The number of hydrogen-bond donors (Lipinski definition) is 1. The Labute approximate surface area is 88.3 Å². The van der Waals surface area contributed by atoms with E-state index < -0.39 is 0 Å². The summed E-state index contributed by atoms with van der Waals surface area (Å²) in [5.41, 5.74) is 0. The van der Waals surface area contributed by atoms with Gasteiger partial charge in [-0.2, -0.15) is 0 Å². The predicted octanol–water partition coefficient (Wildman–Crippen LogP) is 2.13. The molecule has 1 aliphatic rings. The summed E-state index contributed by atoms with van der Waals surface area (Å²) in [5, 5.41) is 8.86. The Bertz CT molecular complexity index is 149. The molecule has 1 fully saturated rings. The van der Waals surface area contributed by atoms with Gasteiger partial charge in [0.1, 0.15) is 0 Å². The van der Waals surface area contributed by atoms with E-state index in [0.717, 1.165) is 18.3 Å². The zero-order chi connectivity index (χ0) is 10.4. The van der Waals surface area contributed by atoms with Crippen molar-refractivity contribution in [1.29, 1.82) is 0 Å². The molecule has 2 unspecified atom stereocenters. The van der Waals surface area contributed by atoms with E-state index in [1.54, 1.807) is 0 Å². The van der Waals surface area contributed by atoms with Gasteiger partial charge < -0.3 is 10.0 Å². The lowest BCUT2D eigenvalue weighted by molar-refractivity contribution is 0.239. The second-order valence-electron chi connectivity index (χ2n) is 4.82. The molecule has 0 radical (unpaired) electrons. The third-order valence-corrected chi connectivity index (χ3v) is 3.26. The minimum Gasteiger partial charge on any atom is -0.396 e. The quantitative estimate of drug-likeness (QED) is 0.708. The van der Waals surface area contributed by atoms with Crippen LogP contribution in [0, 0.1) is 11.8 Å². The number of hydrogen-bond acceptors (Lipinski definition) is 2. The Morgan fingerprint density at radius 2 is 2.29 bits per heavy atom. The maximum absolute atomic E-state index is 8.86. The average molecular weight is 199 g/mol. The van der Waals surface area contributed by atoms with Crippen LogP contribution in [-0.2, 0) is 0 Å². The molecule has 1 N–H and O–H groups in total. The smallest absolute Gasteiger partial charge is 0.0434 e. The third kappa shape index (κ3) is 3.97. The van der Waals surface area contributed by atoms with Crippen LogP contribution in [0.5, 0.6) is 0 Å². The lowest BCUT2D eigenvalue weighted by Gasteiger charge is -2.20. The molecule has 1 saturated heterocycles. The number of rotatable bonds is 6. The molecule has 0 amide bonds. The highest BCUT2D eigenvalue weighted by Gasteiger charge is 2.22. The van der Waals surface area contributed by atoms with Gasteiger partial charge in [0.05, 0.1) is 0 Å². The summed E-state index contributed by atoms with van der Waals surface area (Å²) in [6, 6.07) is 0. The average Bonchev–Trinajstić information content (AvgIpc) is 2.53. The number of nitrogens with zero attached hydrogens (tertiary/aromatic N) is 1. The normalized spacial score (nSPS) is 25.5. The van der Waals surface area contributed by atoms with Gasteiger partial charge in [-0.25, -0.2) is 0 Å². The minimum atomic E-state index is 0.364. The molecular formula is C12H25NO. The second-order valence-corrected chi connectivity index (χ2v) is 4.82. The van der Waals surface area contributed by atoms with Crippen molar-refractivity contribution in [3.8, 4) is 0 Å². The van der Waals surface area contributed by atoms with Crippen LogP contribution >= 0.6 is 0 Å². The van der Waals surface area contributed by atoms with Gasteiger partial charge in [-0.3, -0.25) is 0 Å². The van der Waals surface area contributed by atoms with Crippen molar-refractivity contribution in [2.75, 3.05) is 26.2 Å². The highest BCUT2D eigenvalue weighted by atomic mass is 16.3. The molecule has 84 valence electrons. The Kier molecular flexibility index (Phi) is 5.49. The van der Waals surface area contributed by atoms with Crippen LogP contribution in [0.2, 0.25) is 0 Å². The van der Waals surface area contributed by atoms with Crippen LogP contribution in [0.1, 0.15) is 39.5 Å². The zero-order valence-corrected chi connectivity index (χ0v) is 9.71. The Balaban J connectivity index is 2.15. The summed E-state index contributed by atoms with van der Waals surface area (Å²) in [7, 11) is 0. The first-order chi connectivity index (χ1) is 6.76. The lowest BCUT2D eigenvalue weighted by atomic mass is 10.1.